The van der Waals surface area contributed by atoms with Crippen molar-refractivity contribution < 1.29 is 19.4 Å². The molecule has 0 amide bonds. The van der Waals surface area contributed by atoms with Gasteiger partial charge in [-0.25, -0.2) is 4.79 Å². The Morgan fingerprint density at radius 2 is 2.26 bits per heavy atom. The van der Waals surface area contributed by atoms with Gasteiger partial charge in [0.15, 0.2) is 0 Å². The Labute approximate surface area is 112 Å². The van der Waals surface area contributed by atoms with E-state index in [1.807, 2.05) is 13.0 Å². The Hall–Kier alpha value is -1.68. The number of carbonyl (C=O) groups excluding carboxylic acids is 2. The lowest BCUT2D eigenvalue weighted by atomic mass is 9.86. The number of aliphatic hydroxyl groups excluding tert-OH is 1. The predicted octanol–water partition coefficient (Wildman–Crippen LogP) is 1.70. The molecule has 1 heterocycles. The molecule has 2 aliphatic rings. The highest BCUT2D eigenvalue weighted by molar-refractivity contribution is 5.91. The number of aldehydes is 1. The van der Waals surface area contributed by atoms with Crippen LogP contribution < -0.4 is 0 Å². The molecular weight excluding hydrogens is 244 g/mol. The first-order valence-corrected chi connectivity index (χ1v) is 6.42. The second-order valence-corrected chi connectivity index (χ2v) is 5.14. The summed E-state index contributed by atoms with van der Waals surface area (Å²) < 4.78 is 5.22. The van der Waals surface area contributed by atoms with Gasteiger partial charge in [-0.2, -0.15) is 0 Å². The average Bonchev–Trinajstić information content (AvgIpc) is 2.63. The molecule has 3 atom stereocenters. The van der Waals surface area contributed by atoms with Crippen molar-refractivity contribution in [2.75, 3.05) is 0 Å². The van der Waals surface area contributed by atoms with Crippen LogP contribution in [-0.4, -0.2) is 29.6 Å². The van der Waals surface area contributed by atoms with Crippen molar-refractivity contribution in [3.8, 4) is 0 Å². The lowest BCUT2D eigenvalue weighted by Crippen LogP contribution is -2.29. The average molecular weight is 262 g/mol. The third kappa shape index (κ3) is 2.84. The van der Waals surface area contributed by atoms with Gasteiger partial charge in [0.25, 0.3) is 0 Å². The Balaban J connectivity index is 2.35. The summed E-state index contributed by atoms with van der Waals surface area (Å²) in [4.78, 5) is 22.6. The van der Waals surface area contributed by atoms with Crippen molar-refractivity contribution in [1.29, 1.82) is 0 Å². The molecule has 1 aliphatic heterocycles. The molecule has 1 N–H and O–H groups in total. The van der Waals surface area contributed by atoms with Crippen LogP contribution in [0.5, 0.6) is 0 Å². The lowest BCUT2D eigenvalue weighted by Gasteiger charge is -2.22. The highest BCUT2D eigenvalue weighted by Gasteiger charge is 2.42. The number of hydrogen-bond donors (Lipinski definition) is 1. The number of ether oxygens (including phenoxy) is 1. The van der Waals surface area contributed by atoms with Gasteiger partial charge in [0.1, 0.15) is 12.4 Å². The minimum Gasteiger partial charge on any atom is -0.458 e. The van der Waals surface area contributed by atoms with Gasteiger partial charge in [-0.15, -0.1) is 0 Å². The molecule has 0 radical (unpaired) electrons. The van der Waals surface area contributed by atoms with Gasteiger partial charge in [0.2, 0.25) is 0 Å². The second kappa shape index (κ2) is 5.53. The smallest absolute Gasteiger partial charge is 0.334 e. The number of fused-ring (bicyclic) bond motifs is 1. The maximum absolute atomic E-state index is 11.6. The summed E-state index contributed by atoms with van der Waals surface area (Å²) in [5.41, 5.74) is 1.92. The molecule has 1 aliphatic carbocycles. The molecule has 0 aromatic rings. The Kier molecular flexibility index (Phi) is 4.00. The summed E-state index contributed by atoms with van der Waals surface area (Å²) in [6, 6.07) is 0. The number of allylic oxidation sites excluding steroid dienone is 2. The first-order valence-electron chi connectivity index (χ1n) is 6.42. The molecule has 1 fully saturated rings. The zero-order valence-electron chi connectivity index (χ0n) is 11.0. The third-order valence-corrected chi connectivity index (χ3v) is 3.68. The van der Waals surface area contributed by atoms with Gasteiger partial charge in [-0.1, -0.05) is 24.3 Å². The molecule has 4 nitrogen and oxygen atoms in total. The van der Waals surface area contributed by atoms with Crippen LogP contribution in [0.3, 0.4) is 0 Å². The predicted molar refractivity (Wildman–Crippen MR) is 70.3 cm³/mol. The Morgan fingerprint density at radius 3 is 2.95 bits per heavy atom. The van der Waals surface area contributed by atoms with Gasteiger partial charge in [0, 0.05) is 12.0 Å². The van der Waals surface area contributed by atoms with Crippen LogP contribution in [0, 0.1) is 5.92 Å². The van der Waals surface area contributed by atoms with E-state index in [1.165, 1.54) is 0 Å². The van der Waals surface area contributed by atoms with Crippen LogP contribution in [-0.2, 0) is 14.3 Å². The standard InChI is InChI=1S/C15H18O4/c1-9-4-3-5-11(8-16)7-13-14(12(17)6-9)10(2)15(18)19-13/h5-6,8,12-14,17H,2-4,7H2,1H3/b9-6+,11-5-. The van der Waals surface area contributed by atoms with E-state index in [2.05, 4.69) is 6.58 Å². The molecule has 2 rings (SSSR count). The minimum atomic E-state index is -0.796. The van der Waals surface area contributed by atoms with Gasteiger partial charge in [-0.3, -0.25) is 4.79 Å². The number of aliphatic hydroxyl groups is 1. The highest BCUT2D eigenvalue weighted by Crippen LogP contribution is 2.34. The van der Waals surface area contributed by atoms with Crippen molar-refractivity contribution in [2.24, 2.45) is 5.92 Å². The molecule has 102 valence electrons. The molecule has 0 spiro atoms. The second-order valence-electron chi connectivity index (χ2n) is 5.14. The van der Waals surface area contributed by atoms with E-state index in [9.17, 15) is 14.7 Å². The molecule has 19 heavy (non-hydrogen) atoms. The maximum Gasteiger partial charge on any atom is 0.334 e. The van der Waals surface area contributed by atoms with E-state index in [0.29, 0.717) is 12.0 Å². The summed E-state index contributed by atoms with van der Waals surface area (Å²) >= 11 is 0. The first-order chi connectivity index (χ1) is 9.02. The molecule has 3 unspecified atom stereocenters. The van der Waals surface area contributed by atoms with Crippen LogP contribution in [0.1, 0.15) is 26.2 Å². The first kappa shape index (κ1) is 13.7. The van der Waals surface area contributed by atoms with Gasteiger partial charge in [-0.05, 0) is 25.3 Å². The van der Waals surface area contributed by atoms with Crippen LogP contribution >= 0.6 is 0 Å². The molecule has 0 bridgehead atoms. The zero-order chi connectivity index (χ0) is 14.0. The van der Waals surface area contributed by atoms with Crippen molar-refractivity contribution >= 4 is 12.3 Å². The van der Waals surface area contributed by atoms with Crippen molar-refractivity contribution in [3.63, 3.8) is 0 Å². The fourth-order valence-electron chi connectivity index (χ4n) is 2.62. The molecule has 0 aromatic heterocycles. The van der Waals surface area contributed by atoms with E-state index in [4.69, 9.17) is 4.74 Å². The lowest BCUT2D eigenvalue weighted by molar-refractivity contribution is -0.139. The highest BCUT2D eigenvalue weighted by atomic mass is 16.6. The number of rotatable bonds is 1. The Bertz CT molecular complexity index is 473. The minimum absolute atomic E-state index is 0.285. The molecule has 0 saturated carbocycles. The van der Waals surface area contributed by atoms with Gasteiger partial charge in [0.05, 0.1) is 12.0 Å². The summed E-state index contributed by atoms with van der Waals surface area (Å²) in [5, 5.41) is 10.2. The fourth-order valence-corrected chi connectivity index (χ4v) is 2.62. The van der Waals surface area contributed by atoms with Gasteiger partial charge < -0.3 is 9.84 Å². The quantitative estimate of drug-likeness (QED) is 0.338. The van der Waals surface area contributed by atoms with Crippen LogP contribution in [0.4, 0.5) is 0 Å². The summed E-state index contributed by atoms with van der Waals surface area (Å²) in [6.45, 7) is 5.63. The normalized spacial score (nSPS) is 37.5. The van der Waals surface area contributed by atoms with E-state index in [0.717, 1.165) is 24.7 Å². The molecular formula is C15H18O4. The zero-order valence-corrected chi connectivity index (χ0v) is 11.0. The monoisotopic (exact) mass is 262 g/mol. The third-order valence-electron chi connectivity index (χ3n) is 3.68. The van der Waals surface area contributed by atoms with Crippen LogP contribution in [0.15, 0.2) is 35.5 Å². The molecule has 1 saturated heterocycles. The van der Waals surface area contributed by atoms with Gasteiger partial charge >= 0.3 is 5.97 Å². The van der Waals surface area contributed by atoms with E-state index >= 15 is 0 Å². The summed E-state index contributed by atoms with van der Waals surface area (Å²) in [7, 11) is 0. The van der Waals surface area contributed by atoms with Crippen molar-refractivity contribution in [3.05, 3.63) is 35.5 Å². The SMILES string of the molecule is C=C1C(=O)OC2C/C(C=O)=C/CC/C(C)=C/C(O)C12. The largest absolute Gasteiger partial charge is 0.458 e. The Morgan fingerprint density at radius 1 is 1.53 bits per heavy atom. The van der Waals surface area contributed by atoms with Crippen LogP contribution in [0.2, 0.25) is 0 Å². The van der Waals surface area contributed by atoms with E-state index < -0.39 is 24.1 Å². The van der Waals surface area contributed by atoms with E-state index in [1.54, 1.807) is 6.08 Å². The van der Waals surface area contributed by atoms with Crippen molar-refractivity contribution in [2.45, 2.75) is 38.4 Å². The number of hydrogen-bond acceptors (Lipinski definition) is 4. The van der Waals surface area contributed by atoms with E-state index in [-0.39, 0.29) is 5.57 Å². The summed E-state index contributed by atoms with van der Waals surface area (Å²) in [6.07, 6.45) is 4.98. The fraction of sp³-hybridized carbons (Fsp3) is 0.467. The number of carbonyl (C=O) groups is 2. The van der Waals surface area contributed by atoms with Crippen molar-refractivity contribution in [1.82, 2.24) is 0 Å². The molecule has 4 heteroatoms. The maximum atomic E-state index is 11.6. The van der Waals surface area contributed by atoms with Crippen LogP contribution in [0.25, 0.3) is 0 Å². The molecule has 0 aromatic carbocycles. The number of esters is 1. The summed E-state index contributed by atoms with van der Waals surface area (Å²) in [5.74, 6) is -0.950. The topological polar surface area (TPSA) is 63.6 Å².